The summed E-state index contributed by atoms with van der Waals surface area (Å²) in [5.41, 5.74) is 0. The van der Waals surface area contributed by atoms with E-state index in [9.17, 15) is 8.42 Å². The molecule has 18 heavy (non-hydrogen) atoms. The summed E-state index contributed by atoms with van der Waals surface area (Å²) in [7, 11) is -4.31. The average Bonchev–Trinajstić information content (AvgIpc) is 2.20. The Morgan fingerprint density at radius 1 is 1.06 bits per heavy atom. The van der Waals surface area contributed by atoms with Crippen LogP contribution in [-0.4, -0.2) is 19.1 Å². The maximum Gasteiger partial charge on any atom is 0.397 e. The van der Waals surface area contributed by atoms with Gasteiger partial charge in [0, 0.05) is 0 Å². The summed E-state index contributed by atoms with van der Waals surface area (Å²) in [6.07, 6.45) is 7.81. The van der Waals surface area contributed by atoms with Crippen LogP contribution < -0.4 is 6.15 Å². The summed E-state index contributed by atoms with van der Waals surface area (Å²) >= 11 is 0. The highest BCUT2D eigenvalue weighted by Gasteiger charge is 2.18. The molecule has 0 spiro atoms. The second-order valence-electron chi connectivity index (χ2n) is 4.76. The average molecular weight is 283 g/mol. The van der Waals surface area contributed by atoms with E-state index < -0.39 is 16.5 Å². The highest BCUT2D eigenvalue weighted by Crippen LogP contribution is 2.17. The van der Waals surface area contributed by atoms with Crippen LogP contribution in [0.25, 0.3) is 0 Å². The molecule has 0 aromatic heterocycles. The quantitative estimate of drug-likeness (QED) is 0.470. The summed E-state index contributed by atoms with van der Waals surface area (Å²) in [5, 5.41) is 0. The van der Waals surface area contributed by atoms with E-state index in [2.05, 4.69) is 11.1 Å². The summed E-state index contributed by atoms with van der Waals surface area (Å²) in [6.45, 7) is 5.81. The van der Waals surface area contributed by atoms with Gasteiger partial charge in [-0.05, 0) is 19.3 Å². The van der Waals surface area contributed by atoms with Crippen molar-refractivity contribution >= 4 is 10.4 Å². The van der Waals surface area contributed by atoms with Crippen molar-refractivity contribution in [3.63, 3.8) is 0 Å². The van der Waals surface area contributed by atoms with Crippen LogP contribution >= 0.6 is 0 Å². The highest BCUT2D eigenvalue weighted by atomic mass is 32.3. The van der Waals surface area contributed by atoms with E-state index in [1.807, 2.05) is 6.92 Å². The molecule has 2 unspecified atom stereocenters. The van der Waals surface area contributed by atoms with Gasteiger partial charge in [0.2, 0.25) is 0 Å². The summed E-state index contributed by atoms with van der Waals surface area (Å²) in [4.78, 5) is 0. The second kappa shape index (κ2) is 10.7. The Morgan fingerprint density at radius 2 is 1.56 bits per heavy atom. The van der Waals surface area contributed by atoms with Crippen LogP contribution in [0.2, 0.25) is 0 Å². The Kier molecular flexibility index (Phi) is 12.0. The number of hydrogen-bond donors (Lipinski definition) is 2. The minimum absolute atomic E-state index is 0. The first-order chi connectivity index (χ1) is 7.87. The van der Waals surface area contributed by atoms with Crippen molar-refractivity contribution in [2.75, 3.05) is 0 Å². The van der Waals surface area contributed by atoms with E-state index in [-0.39, 0.29) is 12.1 Å². The topological polar surface area (TPSA) is 98.6 Å². The van der Waals surface area contributed by atoms with E-state index >= 15 is 0 Å². The molecule has 2 atom stereocenters. The normalized spacial score (nSPS) is 14.9. The zero-order valence-electron chi connectivity index (χ0n) is 11.9. The Bertz CT molecular complexity index is 280. The van der Waals surface area contributed by atoms with Crippen LogP contribution in [0.3, 0.4) is 0 Å². The first-order valence-electron chi connectivity index (χ1n) is 6.52. The van der Waals surface area contributed by atoms with Crippen molar-refractivity contribution in [2.24, 2.45) is 5.92 Å². The summed E-state index contributed by atoms with van der Waals surface area (Å²) < 4.78 is 34.1. The molecular weight excluding hydrogens is 254 g/mol. The van der Waals surface area contributed by atoms with Crippen LogP contribution in [0.1, 0.15) is 65.7 Å². The van der Waals surface area contributed by atoms with Gasteiger partial charge in [0.05, 0.1) is 6.10 Å². The fourth-order valence-corrected chi connectivity index (χ4v) is 2.34. The Labute approximate surface area is 112 Å². The molecule has 0 aromatic rings. The van der Waals surface area contributed by atoms with Crippen LogP contribution in [0.5, 0.6) is 0 Å². The van der Waals surface area contributed by atoms with E-state index in [0.717, 1.165) is 12.8 Å². The zero-order valence-corrected chi connectivity index (χ0v) is 12.7. The number of rotatable bonds is 10. The van der Waals surface area contributed by atoms with Gasteiger partial charge < -0.3 is 6.15 Å². The highest BCUT2D eigenvalue weighted by molar-refractivity contribution is 7.80. The third-order valence-electron chi connectivity index (χ3n) is 3.09. The lowest BCUT2D eigenvalue weighted by molar-refractivity contribution is 0.140. The lowest BCUT2D eigenvalue weighted by Gasteiger charge is -2.18. The van der Waals surface area contributed by atoms with Crippen molar-refractivity contribution < 1.29 is 17.2 Å². The van der Waals surface area contributed by atoms with Crippen molar-refractivity contribution in [1.29, 1.82) is 0 Å². The summed E-state index contributed by atoms with van der Waals surface area (Å²) in [6, 6.07) is 0. The summed E-state index contributed by atoms with van der Waals surface area (Å²) in [5.74, 6) is 0.142. The van der Waals surface area contributed by atoms with E-state index in [1.165, 1.54) is 32.1 Å². The second-order valence-corrected chi connectivity index (χ2v) is 5.81. The van der Waals surface area contributed by atoms with Gasteiger partial charge in [-0.1, -0.05) is 52.4 Å². The van der Waals surface area contributed by atoms with Gasteiger partial charge in [-0.25, -0.2) is 4.18 Å². The van der Waals surface area contributed by atoms with Crippen LogP contribution in [0.4, 0.5) is 0 Å². The first-order valence-corrected chi connectivity index (χ1v) is 7.89. The van der Waals surface area contributed by atoms with Crippen molar-refractivity contribution in [2.45, 2.75) is 71.8 Å². The molecule has 0 heterocycles. The largest absolute Gasteiger partial charge is 0.397 e. The predicted molar refractivity (Wildman–Crippen MR) is 74.3 cm³/mol. The minimum atomic E-state index is -4.31. The molecule has 6 heteroatoms. The van der Waals surface area contributed by atoms with Crippen LogP contribution in [0, 0.1) is 5.92 Å². The van der Waals surface area contributed by atoms with Gasteiger partial charge in [0.1, 0.15) is 0 Å². The molecule has 0 aliphatic rings. The van der Waals surface area contributed by atoms with Gasteiger partial charge in [-0.2, -0.15) is 8.42 Å². The Balaban J connectivity index is 0. The molecular formula is C12H29NO4S. The SMILES string of the molecule is CCCCCCCCC(C)C(C)OS(=O)(=O)O.N. The molecule has 0 rings (SSSR count). The molecule has 0 saturated carbocycles. The van der Waals surface area contributed by atoms with E-state index in [4.69, 9.17) is 4.55 Å². The molecule has 0 saturated heterocycles. The van der Waals surface area contributed by atoms with Crippen LogP contribution in [0.15, 0.2) is 0 Å². The zero-order chi connectivity index (χ0) is 13.3. The molecule has 0 aromatic carbocycles. The third kappa shape index (κ3) is 12.3. The van der Waals surface area contributed by atoms with Crippen molar-refractivity contribution in [3.8, 4) is 0 Å². The fraction of sp³-hybridized carbons (Fsp3) is 1.00. The van der Waals surface area contributed by atoms with Gasteiger partial charge in [0.15, 0.2) is 0 Å². The molecule has 0 bridgehead atoms. The van der Waals surface area contributed by atoms with E-state index in [1.54, 1.807) is 6.92 Å². The Hall–Kier alpha value is -0.170. The number of unbranched alkanes of at least 4 members (excludes halogenated alkanes) is 5. The van der Waals surface area contributed by atoms with Crippen molar-refractivity contribution in [3.05, 3.63) is 0 Å². The molecule has 0 radical (unpaired) electrons. The van der Waals surface area contributed by atoms with Crippen molar-refractivity contribution in [1.82, 2.24) is 6.15 Å². The minimum Gasteiger partial charge on any atom is -0.344 e. The number of hydrogen-bond acceptors (Lipinski definition) is 4. The lowest BCUT2D eigenvalue weighted by Crippen LogP contribution is -2.21. The molecule has 0 amide bonds. The molecule has 4 N–H and O–H groups in total. The van der Waals surface area contributed by atoms with Gasteiger partial charge in [0.25, 0.3) is 0 Å². The fourth-order valence-electron chi connectivity index (χ4n) is 1.77. The Morgan fingerprint density at radius 3 is 2.06 bits per heavy atom. The lowest BCUT2D eigenvalue weighted by atomic mass is 9.98. The van der Waals surface area contributed by atoms with Gasteiger partial charge in [-0.15, -0.1) is 0 Å². The molecule has 5 nitrogen and oxygen atoms in total. The maximum absolute atomic E-state index is 10.5. The molecule has 0 aliphatic heterocycles. The monoisotopic (exact) mass is 283 g/mol. The standard InChI is InChI=1S/C12H26O4S.H3N/c1-4-5-6-7-8-9-10-11(2)12(3)16-17(13,14)15;/h11-12H,4-10H2,1-3H3,(H,13,14,15);1H3. The smallest absolute Gasteiger partial charge is 0.344 e. The predicted octanol–water partition coefficient (Wildman–Crippen LogP) is 3.74. The third-order valence-corrected chi connectivity index (χ3v) is 3.63. The molecule has 0 aliphatic carbocycles. The molecule has 0 fully saturated rings. The van der Waals surface area contributed by atoms with Gasteiger partial charge in [-0.3, -0.25) is 4.55 Å². The van der Waals surface area contributed by atoms with E-state index in [0.29, 0.717) is 0 Å². The van der Waals surface area contributed by atoms with Crippen LogP contribution in [-0.2, 0) is 14.6 Å². The first kappa shape index (κ1) is 20.2. The van der Waals surface area contributed by atoms with Gasteiger partial charge >= 0.3 is 10.4 Å². The molecule has 112 valence electrons. The maximum atomic E-state index is 10.5.